The molecule has 0 saturated carbocycles. The zero-order valence-corrected chi connectivity index (χ0v) is 15.3. The lowest BCUT2D eigenvalue weighted by molar-refractivity contribution is -0.144. The molecule has 0 aliphatic carbocycles. The third-order valence-electron chi connectivity index (χ3n) is 4.11. The first-order valence-corrected chi connectivity index (χ1v) is 8.86. The Balaban J connectivity index is 2.14. The zero-order chi connectivity index (χ0) is 18.8. The van der Waals surface area contributed by atoms with E-state index in [1.807, 2.05) is 67.6 Å². The molecule has 0 radical (unpaired) electrons. The Morgan fingerprint density at radius 3 is 2.27 bits per heavy atom. The van der Waals surface area contributed by atoms with Gasteiger partial charge in [-0.3, -0.25) is 9.59 Å². The van der Waals surface area contributed by atoms with Gasteiger partial charge in [-0.1, -0.05) is 60.7 Å². The van der Waals surface area contributed by atoms with Crippen molar-refractivity contribution in [1.82, 2.24) is 4.90 Å². The maximum atomic E-state index is 12.8. The predicted octanol–water partition coefficient (Wildman–Crippen LogP) is 4.24. The molecule has 4 heteroatoms. The smallest absolute Gasteiger partial charge is 0.307 e. The third-order valence-corrected chi connectivity index (χ3v) is 4.11. The molecule has 0 aliphatic heterocycles. The van der Waals surface area contributed by atoms with Crippen molar-refractivity contribution < 1.29 is 14.3 Å². The van der Waals surface area contributed by atoms with Crippen molar-refractivity contribution in [3.05, 3.63) is 77.9 Å². The quantitative estimate of drug-likeness (QED) is 0.528. The molecule has 0 aliphatic rings. The van der Waals surface area contributed by atoms with Gasteiger partial charge in [0.05, 0.1) is 19.1 Å². The van der Waals surface area contributed by atoms with E-state index in [0.717, 1.165) is 11.1 Å². The lowest BCUT2D eigenvalue weighted by Crippen LogP contribution is -2.34. The maximum Gasteiger partial charge on any atom is 0.307 e. The number of carbonyl (C=O) groups excluding carboxylic acids is 2. The molecule has 0 spiro atoms. The predicted molar refractivity (Wildman–Crippen MR) is 103 cm³/mol. The fourth-order valence-corrected chi connectivity index (χ4v) is 2.68. The minimum Gasteiger partial charge on any atom is -0.466 e. The van der Waals surface area contributed by atoms with Gasteiger partial charge in [0.2, 0.25) is 5.91 Å². The molecule has 1 atom stereocenters. The van der Waals surface area contributed by atoms with Crippen molar-refractivity contribution in [3.8, 4) is 0 Å². The Bertz CT molecular complexity index is 726. The van der Waals surface area contributed by atoms with Crippen LogP contribution in [0.4, 0.5) is 0 Å². The maximum absolute atomic E-state index is 12.8. The first-order chi connectivity index (χ1) is 12.6. The van der Waals surface area contributed by atoms with Gasteiger partial charge in [0.25, 0.3) is 0 Å². The summed E-state index contributed by atoms with van der Waals surface area (Å²) in [5, 5.41) is 0. The van der Waals surface area contributed by atoms with Crippen LogP contribution in [-0.4, -0.2) is 29.9 Å². The molecule has 2 aromatic carbocycles. The van der Waals surface area contributed by atoms with Gasteiger partial charge in [0, 0.05) is 12.6 Å². The summed E-state index contributed by atoms with van der Waals surface area (Å²) < 4.78 is 4.99. The van der Waals surface area contributed by atoms with Crippen LogP contribution >= 0.6 is 0 Å². The Hall–Kier alpha value is -2.88. The molecule has 136 valence electrons. The topological polar surface area (TPSA) is 46.6 Å². The van der Waals surface area contributed by atoms with Gasteiger partial charge in [-0.2, -0.15) is 0 Å². The SMILES string of the molecule is CCOC(=O)CCN(C(=O)/C=C/c1ccccc1)C(C)c1ccccc1. The molecular formula is C22H25NO3. The van der Waals surface area contributed by atoms with E-state index in [-0.39, 0.29) is 24.3 Å². The number of hydrogen-bond donors (Lipinski definition) is 0. The normalized spacial score (nSPS) is 11.9. The molecule has 0 aromatic heterocycles. The number of hydrogen-bond acceptors (Lipinski definition) is 3. The van der Waals surface area contributed by atoms with Crippen molar-refractivity contribution in [2.75, 3.05) is 13.2 Å². The van der Waals surface area contributed by atoms with Gasteiger partial charge < -0.3 is 9.64 Å². The fourth-order valence-electron chi connectivity index (χ4n) is 2.68. The highest BCUT2D eigenvalue weighted by Gasteiger charge is 2.20. The van der Waals surface area contributed by atoms with Crippen molar-refractivity contribution in [2.24, 2.45) is 0 Å². The summed E-state index contributed by atoms with van der Waals surface area (Å²) in [5.41, 5.74) is 1.98. The summed E-state index contributed by atoms with van der Waals surface area (Å²) in [7, 11) is 0. The van der Waals surface area contributed by atoms with E-state index in [1.165, 1.54) is 0 Å². The summed E-state index contributed by atoms with van der Waals surface area (Å²) in [5.74, 6) is -0.424. The van der Waals surface area contributed by atoms with E-state index in [4.69, 9.17) is 4.74 Å². The first-order valence-electron chi connectivity index (χ1n) is 8.86. The van der Waals surface area contributed by atoms with Crippen molar-refractivity contribution >= 4 is 18.0 Å². The van der Waals surface area contributed by atoms with Crippen LogP contribution in [0.15, 0.2) is 66.7 Å². The van der Waals surface area contributed by atoms with Crippen molar-refractivity contribution in [2.45, 2.75) is 26.3 Å². The lowest BCUT2D eigenvalue weighted by Gasteiger charge is -2.28. The van der Waals surface area contributed by atoms with Crippen LogP contribution in [0.3, 0.4) is 0 Å². The number of amides is 1. The number of carbonyl (C=O) groups is 2. The van der Waals surface area contributed by atoms with Gasteiger partial charge in [-0.05, 0) is 31.1 Å². The summed E-state index contributed by atoms with van der Waals surface area (Å²) in [4.78, 5) is 26.2. The van der Waals surface area contributed by atoms with Crippen LogP contribution in [0.25, 0.3) is 6.08 Å². The van der Waals surface area contributed by atoms with Gasteiger partial charge >= 0.3 is 5.97 Å². The first kappa shape index (κ1) is 19.4. The minimum absolute atomic E-state index is 0.130. The third kappa shape index (κ3) is 5.88. The van der Waals surface area contributed by atoms with Crippen LogP contribution in [0.1, 0.15) is 37.4 Å². The van der Waals surface area contributed by atoms with Gasteiger partial charge in [-0.15, -0.1) is 0 Å². The number of esters is 1. The minimum atomic E-state index is -0.294. The Kier molecular flexibility index (Phi) is 7.62. The number of nitrogens with zero attached hydrogens (tertiary/aromatic N) is 1. The number of ether oxygens (including phenoxy) is 1. The van der Waals surface area contributed by atoms with Gasteiger partial charge in [0.15, 0.2) is 0 Å². The second-order valence-electron chi connectivity index (χ2n) is 5.92. The largest absolute Gasteiger partial charge is 0.466 e. The van der Waals surface area contributed by atoms with Crippen molar-refractivity contribution in [3.63, 3.8) is 0 Å². The molecular weight excluding hydrogens is 326 g/mol. The Labute approximate surface area is 155 Å². The van der Waals surface area contributed by atoms with Crippen LogP contribution in [0.5, 0.6) is 0 Å². The molecule has 26 heavy (non-hydrogen) atoms. The number of rotatable bonds is 8. The highest BCUT2D eigenvalue weighted by Crippen LogP contribution is 2.21. The summed E-state index contributed by atoms with van der Waals surface area (Å²) in [6.07, 6.45) is 3.52. The highest BCUT2D eigenvalue weighted by molar-refractivity contribution is 5.92. The average molecular weight is 351 g/mol. The molecule has 0 bridgehead atoms. The lowest BCUT2D eigenvalue weighted by atomic mass is 10.1. The summed E-state index contributed by atoms with van der Waals surface area (Å²) in [6.45, 7) is 4.40. The van der Waals surface area contributed by atoms with Crippen molar-refractivity contribution in [1.29, 1.82) is 0 Å². The highest BCUT2D eigenvalue weighted by atomic mass is 16.5. The van der Waals surface area contributed by atoms with Crippen LogP contribution in [-0.2, 0) is 14.3 Å². The van der Waals surface area contributed by atoms with E-state index >= 15 is 0 Å². The summed E-state index contributed by atoms with van der Waals surface area (Å²) >= 11 is 0. The molecule has 0 fully saturated rings. The monoisotopic (exact) mass is 351 g/mol. The van der Waals surface area contributed by atoms with E-state index in [0.29, 0.717) is 13.2 Å². The Morgan fingerprint density at radius 1 is 1.04 bits per heavy atom. The van der Waals surface area contributed by atoms with Gasteiger partial charge in [0.1, 0.15) is 0 Å². The zero-order valence-electron chi connectivity index (χ0n) is 15.3. The Morgan fingerprint density at radius 2 is 1.65 bits per heavy atom. The molecule has 1 amide bonds. The molecule has 0 heterocycles. The van der Waals surface area contributed by atoms with E-state index in [9.17, 15) is 9.59 Å². The standard InChI is InChI=1S/C22H25NO3/c1-3-26-22(25)16-17-23(18(2)20-12-8-5-9-13-20)21(24)15-14-19-10-6-4-7-11-19/h4-15,18H,3,16-17H2,1-2H3/b15-14+. The average Bonchev–Trinajstić information content (AvgIpc) is 2.68. The van der Waals surface area contributed by atoms with Crippen LogP contribution in [0, 0.1) is 0 Å². The van der Waals surface area contributed by atoms with E-state index in [2.05, 4.69) is 0 Å². The molecule has 2 aromatic rings. The molecule has 1 unspecified atom stereocenters. The molecule has 0 N–H and O–H groups in total. The second kappa shape index (κ2) is 10.2. The molecule has 2 rings (SSSR count). The molecule has 4 nitrogen and oxygen atoms in total. The summed E-state index contributed by atoms with van der Waals surface area (Å²) in [6, 6.07) is 19.3. The van der Waals surface area contributed by atoms with Crippen LogP contribution < -0.4 is 0 Å². The molecule has 0 saturated heterocycles. The van der Waals surface area contributed by atoms with E-state index < -0.39 is 0 Å². The van der Waals surface area contributed by atoms with Gasteiger partial charge in [-0.25, -0.2) is 0 Å². The second-order valence-corrected chi connectivity index (χ2v) is 5.92. The van der Waals surface area contributed by atoms with Crippen LogP contribution in [0.2, 0.25) is 0 Å². The van der Waals surface area contributed by atoms with E-state index in [1.54, 1.807) is 24.0 Å². The fraction of sp³-hybridized carbons (Fsp3) is 0.273. The number of benzene rings is 2.